The summed E-state index contributed by atoms with van der Waals surface area (Å²) in [6.45, 7) is 51.9. The van der Waals surface area contributed by atoms with Crippen molar-refractivity contribution in [1.82, 2.24) is 0 Å². The molecule has 24 nitrogen and oxygen atoms in total. The maximum atomic E-state index is 10.1. The number of rotatable bonds is 24. The van der Waals surface area contributed by atoms with Crippen LogP contribution in [0.4, 0.5) is 0 Å². The highest BCUT2D eigenvalue weighted by Gasteiger charge is 2.50. The summed E-state index contributed by atoms with van der Waals surface area (Å²) >= 11 is 0. The lowest BCUT2D eigenvalue weighted by Gasteiger charge is -2.24. The van der Waals surface area contributed by atoms with Crippen molar-refractivity contribution in [1.29, 1.82) is 0 Å². The van der Waals surface area contributed by atoms with Gasteiger partial charge in [0.2, 0.25) is 0 Å². The van der Waals surface area contributed by atoms with Gasteiger partial charge in [0, 0.05) is 0 Å². The number of aliphatic hydroxyl groups is 12. The number of hydrogen-bond acceptors (Lipinski definition) is 24. The number of hydrogen-bond donors (Lipinski definition) is 12. The summed E-state index contributed by atoms with van der Waals surface area (Å²) < 4.78 is 65.7. The third-order valence-corrected chi connectivity index (χ3v) is 12.6. The summed E-state index contributed by atoms with van der Waals surface area (Å²) in [5, 5.41) is 120. The van der Waals surface area contributed by atoms with Gasteiger partial charge in [0.1, 0.15) is 97.7 Å². The first-order chi connectivity index (χ1) is 39.6. The van der Waals surface area contributed by atoms with Gasteiger partial charge in [-0.3, -0.25) is 0 Å². The van der Waals surface area contributed by atoms with Gasteiger partial charge in [-0.05, 0) is 43.3 Å². The SMILES string of the molecule is CC(C)(C)COCC(O)[C@H]1O[C@@H](OCC(C)(C)C)[C@@H](O)[C@@H]1O.CC(C)(C)COCC(O)[C@H]1O[C@@H](OCC(C)(C)C)[C@H](O)[C@H]1O.CC(C)(C)COCC(O)[C@H]1O[C@H](OCC(C)(C)C)[C@@H](O)[C@@H]1O.CC(C)(C)COCC(O)[C@H]1O[C@H](OCC(C)(C)C)[C@H](O)[C@H]1O. The molecule has 4 unspecified atom stereocenters. The van der Waals surface area contributed by atoms with E-state index in [0.717, 1.165) is 0 Å². The van der Waals surface area contributed by atoms with Gasteiger partial charge < -0.3 is 118 Å². The zero-order valence-electron chi connectivity index (χ0n) is 58.3. The van der Waals surface area contributed by atoms with E-state index < -0.39 is 123 Å². The van der Waals surface area contributed by atoms with Crippen LogP contribution in [0.2, 0.25) is 0 Å². The standard InChI is InChI=1S/4C16H32O6/c4*1-15(2,3)8-20-7-10(17)13-11(18)12(19)14(22-13)21-9-16(4,5)6/h4*10-14,17-19H,7-9H2,1-6H3/t10?,11-,12-,13+,14+;10?,11-,12-,13+,14-;10?,11-,12-,13-,14+;10?,11-,12-,13-,14-/m0011/s1. The molecule has 12 N–H and O–H groups in total. The van der Waals surface area contributed by atoms with E-state index in [2.05, 4.69) is 0 Å². The van der Waals surface area contributed by atoms with E-state index in [1.54, 1.807) is 0 Å². The quantitative estimate of drug-likeness (QED) is 0.0656. The van der Waals surface area contributed by atoms with Crippen molar-refractivity contribution in [2.24, 2.45) is 43.3 Å². The van der Waals surface area contributed by atoms with Gasteiger partial charge in [0.05, 0.1) is 79.3 Å². The Morgan fingerprint density at radius 1 is 0.239 bits per heavy atom. The highest BCUT2D eigenvalue weighted by molar-refractivity contribution is 4.94. The Balaban J connectivity index is 0.000000587. The Kier molecular flexibility index (Phi) is 35.0. The van der Waals surface area contributed by atoms with Gasteiger partial charge in [-0.25, -0.2) is 0 Å². The van der Waals surface area contributed by atoms with E-state index in [0.29, 0.717) is 52.9 Å². The molecule has 88 heavy (non-hydrogen) atoms. The normalized spacial score (nSPS) is 31.5. The number of ether oxygens (including phenoxy) is 12. The molecule has 4 heterocycles. The Morgan fingerprint density at radius 2 is 0.375 bits per heavy atom. The molecule has 528 valence electrons. The fourth-order valence-corrected chi connectivity index (χ4v) is 8.16. The molecule has 0 aromatic heterocycles. The fourth-order valence-electron chi connectivity index (χ4n) is 8.16. The second-order valence-electron chi connectivity index (χ2n) is 33.9. The van der Waals surface area contributed by atoms with Crippen molar-refractivity contribution in [3.63, 3.8) is 0 Å². The monoisotopic (exact) mass is 1280 g/mol. The minimum atomic E-state index is -1.20. The molecular weight excluding hydrogens is 1150 g/mol. The lowest BCUT2D eigenvalue weighted by molar-refractivity contribution is -0.192. The first-order valence-electron chi connectivity index (χ1n) is 31.2. The highest BCUT2D eigenvalue weighted by Crippen LogP contribution is 2.32. The van der Waals surface area contributed by atoms with Gasteiger partial charge in [-0.2, -0.15) is 0 Å². The van der Waals surface area contributed by atoms with Crippen LogP contribution in [0.5, 0.6) is 0 Å². The van der Waals surface area contributed by atoms with Crippen LogP contribution in [0.25, 0.3) is 0 Å². The van der Waals surface area contributed by atoms with Crippen LogP contribution in [0.3, 0.4) is 0 Å². The minimum absolute atomic E-state index is 0.00720. The third-order valence-electron chi connectivity index (χ3n) is 12.6. The third kappa shape index (κ3) is 35.0. The molecule has 0 radical (unpaired) electrons. The van der Waals surface area contributed by atoms with Crippen LogP contribution in [0.15, 0.2) is 0 Å². The molecule has 4 rings (SSSR count). The molecular formula is C64H128O24. The zero-order chi connectivity index (χ0) is 68.5. The first-order valence-corrected chi connectivity index (χ1v) is 31.2. The molecule has 0 spiro atoms. The molecule has 0 aromatic carbocycles. The predicted octanol–water partition coefficient (Wildman–Crippen LogP) is 3.68. The summed E-state index contributed by atoms with van der Waals surface area (Å²) in [6, 6.07) is 0. The van der Waals surface area contributed by atoms with E-state index in [4.69, 9.17) is 56.8 Å². The second kappa shape index (κ2) is 36.2. The van der Waals surface area contributed by atoms with E-state index in [1.807, 2.05) is 166 Å². The average Bonchev–Trinajstić information content (AvgIpc) is 3.04. The predicted molar refractivity (Wildman–Crippen MR) is 329 cm³/mol. The topological polar surface area (TPSA) is 354 Å². The van der Waals surface area contributed by atoms with Gasteiger partial charge in [0.15, 0.2) is 25.2 Å². The molecule has 20 atom stereocenters. The van der Waals surface area contributed by atoms with Crippen molar-refractivity contribution >= 4 is 0 Å². The Morgan fingerprint density at radius 3 is 0.500 bits per heavy atom. The van der Waals surface area contributed by atoms with Crippen molar-refractivity contribution < 1.29 is 118 Å². The van der Waals surface area contributed by atoms with E-state index in [1.165, 1.54) is 0 Å². The van der Waals surface area contributed by atoms with Crippen LogP contribution >= 0.6 is 0 Å². The van der Waals surface area contributed by atoms with Crippen molar-refractivity contribution in [3.05, 3.63) is 0 Å². The minimum Gasteiger partial charge on any atom is -0.388 e. The van der Waals surface area contributed by atoms with Crippen LogP contribution in [-0.4, -0.2) is 263 Å². The molecule has 4 fully saturated rings. The van der Waals surface area contributed by atoms with Crippen LogP contribution < -0.4 is 0 Å². The maximum Gasteiger partial charge on any atom is 0.186 e. The van der Waals surface area contributed by atoms with Crippen LogP contribution in [0.1, 0.15) is 166 Å². The lowest BCUT2D eigenvalue weighted by atomic mass is 9.98. The first kappa shape index (κ1) is 85.1. The Hall–Kier alpha value is -0.960. The van der Waals surface area contributed by atoms with Gasteiger partial charge in [0.25, 0.3) is 0 Å². The molecule has 4 saturated heterocycles. The molecule has 0 bridgehead atoms. The zero-order valence-corrected chi connectivity index (χ0v) is 58.3. The summed E-state index contributed by atoms with van der Waals surface area (Å²) in [4.78, 5) is 0. The van der Waals surface area contributed by atoms with Gasteiger partial charge in [-0.1, -0.05) is 166 Å². The van der Waals surface area contributed by atoms with Crippen molar-refractivity contribution in [3.8, 4) is 0 Å². The summed E-state index contributed by atoms with van der Waals surface area (Å²) in [5.41, 5.74) is -0.360. The van der Waals surface area contributed by atoms with Crippen molar-refractivity contribution in [2.75, 3.05) is 79.3 Å². The fraction of sp³-hybridized carbons (Fsp3) is 1.00. The molecule has 4 aliphatic heterocycles. The number of aliphatic hydroxyl groups excluding tert-OH is 12. The Bertz CT molecular complexity index is 1590. The molecule has 0 amide bonds. The molecule has 24 heteroatoms. The van der Waals surface area contributed by atoms with Crippen molar-refractivity contribution in [2.45, 2.75) is 289 Å². The van der Waals surface area contributed by atoms with Gasteiger partial charge >= 0.3 is 0 Å². The smallest absolute Gasteiger partial charge is 0.186 e. The molecule has 0 aromatic rings. The molecule has 4 aliphatic rings. The van der Waals surface area contributed by atoms with Crippen LogP contribution in [0, 0.1) is 43.3 Å². The second-order valence-corrected chi connectivity index (χ2v) is 33.9. The van der Waals surface area contributed by atoms with E-state index in [-0.39, 0.29) is 69.7 Å². The summed E-state index contributed by atoms with van der Waals surface area (Å²) in [6.07, 6.45) is -21.0. The largest absolute Gasteiger partial charge is 0.388 e. The maximum absolute atomic E-state index is 10.1. The Labute approximate surface area is 528 Å². The van der Waals surface area contributed by atoms with Gasteiger partial charge in [-0.15, -0.1) is 0 Å². The average molecular weight is 1280 g/mol. The van der Waals surface area contributed by atoms with E-state index >= 15 is 0 Å². The van der Waals surface area contributed by atoms with E-state index in [9.17, 15) is 61.3 Å². The molecule has 0 saturated carbocycles. The summed E-state index contributed by atoms with van der Waals surface area (Å²) in [5.74, 6) is 0. The van der Waals surface area contributed by atoms with Crippen LogP contribution in [-0.2, 0) is 56.8 Å². The molecule has 0 aliphatic carbocycles. The lowest BCUT2D eigenvalue weighted by Crippen LogP contribution is -2.41. The summed E-state index contributed by atoms with van der Waals surface area (Å²) in [7, 11) is 0. The highest BCUT2D eigenvalue weighted by atomic mass is 16.7.